The lowest BCUT2D eigenvalue weighted by atomic mass is 10.0. The lowest BCUT2D eigenvalue weighted by Crippen LogP contribution is -2.27. The minimum absolute atomic E-state index is 0.0369. The van der Waals surface area contributed by atoms with E-state index in [0.717, 1.165) is 16.1 Å². The van der Waals surface area contributed by atoms with E-state index >= 15 is 0 Å². The Labute approximate surface area is 95.8 Å². The Kier molecular flexibility index (Phi) is 4.64. The molecule has 15 heavy (non-hydrogen) atoms. The zero-order valence-corrected chi connectivity index (χ0v) is 9.73. The summed E-state index contributed by atoms with van der Waals surface area (Å²) in [6.07, 6.45) is 0.687. The topological polar surface area (TPSA) is 38.0 Å². The molecule has 0 aliphatic heterocycles. The van der Waals surface area contributed by atoms with Gasteiger partial charge in [0.1, 0.15) is 0 Å². The molecule has 0 saturated carbocycles. The number of aryl methyl sites for hydroxylation is 1. The maximum absolute atomic E-state index is 5.98. The zero-order chi connectivity index (χ0) is 11.3. The first-order valence-electron chi connectivity index (χ1n) is 4.80. The van der Waals surface area contributed by atoms with Crippen molar-refractivity contribution in [2.45, 2.75) is 26.3 Å². The van der Waals surface area contributed by atoms with E-state index in [2.05, 4.69) is 23.3 Å². The standard InChI is InChI=1S/C12H15ClN2/c1-3-4-5-12(15-14)10-6-9(2)7-11(13)8-10/h6-8,12,15H,5,14H2,1-2H3. The molecule has 0 aliphatic rings. The number of hydrogen-bond acceptors (Lipinski definition) is 2. The van der Waals surface area contributed by atoms with Crippen LogP contribution in [-0.4, -0.2) is 0 Å². The van der Waals surface area contributed by atoms with Gasteiger partial charge in [-0.3, -0.25) is 11.3 Å². The fraction of sp³-hybridized carbons (Fsp3) is 0.333. The number of rotatable bonds is 3. The van der Waals surface area contributed by atoms with Gasteiger partial charge in [-0.2, -0.15) is 0 Å². The predicted molar refractivity (Wildman–Crippen MR) is 64.3 cm³/mol. The van der Waals surface area contributed by atoms with Gasteiger partial charge in [-0.1, -0.05) is 17.7 Å². The Balaban J connectivity index is 2.93. The monoisotopic (exact) mass is 222 g/mol. The highest BCUT2D eigenvalue weighted by atomic mass is 35.5. The highest BCUT2D eigenvalue weighted by Crippen LogP contribution is 2.21. The highest BCUT2D eigenvalue weighted by molar-refractivity contribution is 6.30. The van der Waals surface area contributed by atoms with Crippen LogP contribution >= 0.6 is 11.6 Å². The Morgan fingerprint density at radius 2 is 2.20 bits per heavy atom. The van der Waals surface area contributed by atoms with Crippen LogP contribution in [0, 0.1) is 18.8 Å². The summed E-state index contributed by atoms with van der Waals surface area (Å²) >= 11 is 5.98. The van der Waals surface area contributed by atoms with Crippen molar-refractivity contribution in [3.63, 3.8) is 0 Å². The van der Waals surface area contributed by atoms with Gasteiger partial charge >= 0.3 is 0 Å². The second kappa shape index (κ2) is 5.77. The van der Waals surface area contributed by atoms with Gasteiger partial charge in [0.2, 0.25) is 0 Å². The highest BCUT2D eigenvalue weighted by Gasteiger charge is 2.08. The fourth-order valence-corrected chi connectivity index (χ4v) is 1.74. The van der Waals surface area contributed by atoms with Crippen LogP contribution in [0.1, 0.15) is 30.5 Å². The summed E-state index contributed by atoms with van der Waals surface area (Å²) in [5.74, 6) is 11.3. The number of hydrazine groups is 1. The van der Waals surface area contributed by atoms with E-state index < -0.39 is 0 Å². The molecule has 2 nitrogen and oxygen atoms in total. The summed E-state index contributed by atoms with van der Waals surface area (Å²) in [6, 6.07) is 5.93. The maximum Gasteiger partial charge on any atom is 0.0569 e. The first-order chi connectivity index (χ1) is 7.17. The molecule has 0 spiro atoms. The van der Waals surface area contributed by atoms with E-state index in [1.165, 1.54) is 0 Å². The largest absolute Gasteiger partial charge is 0.271 e. The molecule has 80 valence electrons. The van der Waals surface area contributed by atoms with Crippen LogP contribution in [0.15, 0.2) is 18.2 Å². The van der Waals surface area contributed by atoms with Crippen molar-refractivity contribution in [2.75, 3.05) is 0 Å². The molecular weight excluding hydrogens is 208 g/mol. The zero-order valence-electron chi connectivity index (χ0n) is 8.97. The van der Waals surface area contributed by atoms with E-state index in [-0.39, 0.29) is 6.04 Å². The Morgan fingerprint density at radius 3 is 2.73 bits per heavy atom. The van der Waals surface area contributed by atoms with Crippen LogP contribution in [0.4, 0.5) is 0 Å². The molecule has 0 amide bonds. The van der Waals surface area contributed by atoms with Gasteiger partial charge in [0.05, 0.1) is 6.04 Å². The molecule has 0 saturated heterocycles. The van der Waals surface area contributed by atoms with Gasteiger partial charge in [0, 0.05) is 11.4 Å². The van der Waals surface area contributed by atoms with E-state index in [9.17, 15) is 0 Å². The van der Waals surface area contributed by atoms with Gasteiger partial charge in [-0.05, 0) is 37.1 Å². The number of benzene rings is 1. The average Bonchev–Trinajstić information content (AvgIpc) is 2.17. The van der Waals surface area contributed by atoms with Crippen molar-refractivity contribution in [3.8, 4) is 11.8 Å². The van der Waals surface area contributed by atoms with Crippen LogP contribution in [0.2, 0.25) is 5.02 Å². The first kappa shape index (κ1) is 12.1. The van der Waals surface area contributed by atoms with Crippen LogP contribution in [0.25, 0.3) is 0 Å². The molecule has 0 aliphatic carbocycles. The van der Waals surface area contributed by atoms with Crippen LogP contribution < -0.4 is 11.3 Å². The Morgan fingerprint density at radius 1 is 1.47 bits per heavy atom. The van der Waals surface area contributed by atoms with Crippen LogP contribution in [0.3, 0.4) is 0 Å². The minimum Gasteiger partial charge on any atom is -0.271 e. The average molecular weight is 223 g/mol. The lowest BCUT2D eigenvalue weighted by Gasteiger charge is -2.14. The van der Waals surface area contributed by atoms with Gasteiger partial charge in [0.15, 0.2) is 0 Å². The van der Waals surface area contributed by atoms with Gasteiger partial charge in [-0.15, -0.1) is 11.8 Å². The second-order valence-corrected chi connectivity index (χ2v) is 3.85. The third-order valence-electron chi connectivity index (χ3n) is 2.15. The first-order valence-corrected chi connectivity index (χ1v) is 5.18. The van der Waals surface area contributed by atoms with Crippen molar-refractivity contribution < 1.29 is 0 Å². The summed E-state index contributed by atoms with van der Waals surface area (Å²) in [7, 11) is 0. The van der Waals surface area contributed by atoms with Gasteiger partial charge < -0.3 is 0 Å². The second-order valence-electron chi connectivity index (χ2n) is 3.41. The molecule has 1 aromatic rings. The number of halogens is 1. The maximum atomic E-state index is 5.98. The predicted octanol–water partition coefficient (Wildman–Crippen LogP) is 2.57. The summed E-state index contributed by atoms with van der Waals surface area (Å²) in [5, 5.41) is 0.731. The molecule has 1 rings (SSSR count). The van der Waals surface area contributed by atoms with Gasteiger partial charge in [0.25, 0.3) is 0 Å². The molecule has 0 heterocycles. The molecule has 0 bridgehead atoms. The summed E-state index contributed by atoms with van der Waals surface area (Å²) in [6.45, 7) is 3.82. The Hall–Kier alpha value is -1.01. The molecular formula is C12H15ClN2. The van der Waals surface area contributed by atoms with Crippen LogP contribution in [0.5, 0.6) is 0 Å². The van der Waals surface area contributed by atoms with Crippen molar-refractivity contribution in [2.24, 2.45) is 5.84 Å². The number of nitrogens with one attached hydrogen (secondary N) is 1. The third kappa shape index (κ3) is 3.56. The quantitative estimate of drug-likeness (QED) is 0.469. The smallest absolute Gasteiger partial charge is 0.0569 e. The minimum atomic E-state index is 0.0369. The number of hydrogen-bond donors (Lipinski definition) is 2. The normalized spacial score (nSPS) is 11.7. The lowest BCUT2D eigenvalue weighted by molar-refractivity contribution is 0.567. The van der Waals surface area contributed by atoms with Crippen molar-refractivity contribution >= 4 is 11.6 Å². The van der Waals surface area contributed by atoms with E-state index in [1.807, 2.05) is 26.0 Å². The molecule has 3 heteroatoms. The summed E-state index contributed by atoms with van der Waals surface area (Å²) < 4.78 is 0. The molecule has 1 atom stereocenters. The molecule has 0 fully saturated rings. The molecule has 1 unspecified atom stereocenters. The molecule has 0 radical (unpaired) electrons. The van der Waals surface area contributed by atoms with E-state index in [0.29, 0.717) is 6.42 Å². The summed E-state index contributed by atoms with van der Waals surface area (Å²) in [4.78, 5) is 0. The van der Waals surface area contributed by atoms with Crippen molar-refractivity contribution in [1.82, 2.24) is 5.43 Å². The number of nitrogens with two attached hydrogens (primary N) is 1. The van der Waals surface area contributed by atoms with Crippen molar-refractivity contribution in [1.29, 1.82) is 0 Å². The molecule has 3 N–H and O–H groups in total. The van der Waals surface area contributed by atoms with Crippen LogP contribution in [-0.2, 0) is 0 Å². The fourth-order valence-electron chi connectivity index (χ4n) is 1.44. The Bertz CT molecular complexity index is 370. The van der Waals surface area contributed by atoms with E-state index in [4.69, 9.17) is 17.4 Å². The SMILES string of the molecule is CC#CCC(NN)c1cc(C)cc(Cl)c1. The summed E-state index contributed by atoms with van der Waals surface area (Å²) in [5.41, 5.74) is 4.95. The van der Waals surface area contributed by atoms with Crippen molar-refractivity contribution in [3.05, 3.63) is 34.3 Å². The van der Waals surface area contributed by atoms with E-state index in [1.54, 1.807) is 0 Å². The third-order valence-corrected chi connectivity index (χ3v) is 2.37. The van der Waals surface area contributed by atoms with Gasteiger partial charge in [-0.25, -0.2) is 0 Å². The molecule has 1 aromatic carbocycles. The molecule has 0 aromatic heterocycles.